The van der Waals surface area contributed by atoms with Crippen molar-refractivity contribution in [2.45, 2.75) is 25.8 Å². The third kappa shape index (κ3) is 3.52. The lowest BCUT2D eigenvalue weighted by Gasteiger charge is -2.27. The van der Waals surface area contributed by atoms with Crippen molar-refractivity contribution in [2.24, 2.45) is 5.14 Å². The number of nitrogens with two attached hydrogens (primary N) is 1. The molecule has 124 valence electrons. The predicted molar refractivity (Wildman–Crippen MR) is 89.6 cm³/mol. The SMILES string of the molecule is NS(=O)(=O)CCCC(=O)N1CCc2[nH]c3c(Cl)cccc3c2C1. The number of rotatable bonds is 4. The highest BCUT2D eigenvalue weighted by Crippen LogP contribution is 2.31. The second-order valence-electron chi connectivity index (χ2n) is 5.78. The van der Waals surface area contributed by atoms with Crippen molar-refractivity contribution >= 4 is 38.4 Å². The van der Waals surface area contributed by atoms with E-state index in [2.05, 4.69) is 4.98 Å². The minimum Gasteiger partial charge on any atom is -0.357 e. The number of aromatic nitrogens is 1. The Balaban J connectivity index is 1.73. The Labute approximate surface area is 139 Å². The standard InChI is InChI=1S/C15H18ClN3O3S/c16-12-4-1-3-10-11-9-19(7-6-13(11)18-15(10)12)14(20)5-2-8-23(17,21)22/h1,3-4,18H,2,5-9H2,(H2,17,21,22). The van der Waals surface area contributed by atoms with Gasteiger partial charge in [0.2, 0.25) is 15.9 Å². The molecule has 0 atom stereocenters. The number of hydrogen-bond acceptors (Lipinski definition) is 3. The maximum atomic E-state index is 12.3. The average molecular weight is 356 g/mol. The van der Waals surface area contributed by atoms with Crippen LogP contribution in [0.1, 0.15) is 24.1 Å². The number of nitrogens with one attached hydrogen (secondary N) is 1. The van der Waals surface area contributed by atoms with Gasteiger partial charge in [-0.2, -0.15) is 0 Å². The zero-order chi connectivity index (χ0) is 16.6. The molecule has 23 heavy (non-hydrogen) atoms. The zero-order valence-corrected chi connectivity index (χ0v) is 14.1. The summed E-state index contributed by atoms with van der Waals surface area (Å²) in [5, 5.41) is 6.66. The van der Waals surface area contributed by atoms with E-state index in [0.29, 0.717) is 18.1 Å². The van der Waals surface area contributed by atoms with E-state index in [4.69, 9.17) is 16.7 Å². The molecule has 1 aliphatic rings. The van der Waals surface area contributed by atoms with Crippen molar-refractivity contribution in [1.29, 1.82) is 0 Å². The number of para-hydroxylation sites is 1. The molecular formula is C15H18ClN3O3S. The van der Waals surface area contributed by atoms with Crippen molar-refractivity contribution in [2.75, 3.05) is 12.3 Å². The largest absolute Gasteiger partial charge is 0.357 e. The van der Waals surface area contributed by atoms with Gasteiger partial charge in [-0.1, -0.05) is 23.7 Å². The van der Waals surface area contributed by atoms with E-state index in [1.165, 1.54) is 0 Å². The highest BCUT2D eigenvalue weighted by Gasteiger charge is 2.24. The highest BCUT2D eigenvalue weighted by molar-refractivity contribution is 7.89. The molecule has 0 aliphatic carbocycles. The molecule has 0 bridgehead atoms. The third-order valence-corrected chi connectivity index (χ3v) is 5.30. The van der Waals surface area contributed by atoms with E-state index >= 15 is 0 Å². The molecule has 1 aromatic carbocycles. The van der Waals surface area contributed by atoms with Crippen molar-refractivity contribution in [3.8, 4) is 0 Å². The van der Waals surface area contributed by atoms with Crippen LogP contribution >= 0.6 is 11.6 Å². The Kier molecular flexibility index (Phi) is 4.35. The summed E-state index contributed by atoms with van der Waals surface area (Å²) in [4.78, 5) is 17.4. The lowest BCUT2D eigenvalue weighted by molar-refractivity contribution is -0.132. The van der Waals surface area contributed by atoms with Gasteiger partial charge in [-0.15, -0.1) is 0 Å². The van der Waals surface area contributed by atoms with Crippen molar-refractivity contribution in [3.63, 3.8) is 0 Å². The quantitative estimate of drug-likeness (QED) is 0.874. The Hall–Kier alpha value is -1.57. The lowest BCUT2D eigenvalue weighted by atomic mass is 10.0. The summed E-state index contributed by atoms with van der Waals surface area (Å²) in [5.41, 5.74) is 3.11. The maximum absolute atomic E-state index is 12.3. The van der Waals surface area contributed by atoms with Crippen LogP contribution in [0.2, 0.25) is 5.02 Å². The Morgan fingerprint density at radius 3 is 2.91 bits per heavy atom. The molecule has 3 N–H and O–H groups in total. The summed E-state index contributed by atoms with van der Waals surface area (Å²) in [6.45, 7) is 1.13. The number of carbonyl (C=O) groups excluding carboxylic acids is 1. The minimum atomic E-state index is -3.51. The summed E-state index contributed by atoms with van der Waals surface area (Å²) in [6, 6.07) is 5.72. The number of carbonyl (C=O) groups is 1. The number of benzene rings is 1. The van der Waals surface area contributed by atoms with Gasteiger partial charge in [0.05, 0.1) is 16.3 Å². The number of fused-ring (bicyclic) bond motifs is 3. The van der Waals surface area contributed by atoms with Crippen LogP contribution in [-0.2, 0) is 27.8 Å². The monoisotopic (exact) mass is 355 g/mol. The molecule has 0 spiro atoms. The first-order valence-electron chi connectivity index (χ1n) is 7.41. The number of amides is 1. The molecule has 2 heterocycles. The summed E-state index contributed by atoms with van der Waals surface area (Å²) in [7, 11) is -3.51. The van der Waals surface area contributed by atoms with Crippen LogP contribution in [0.15, 0.2) is 18.2 Å². The van der Waals surface area contributed by atoms with Crippen LogP contribution < -0.4 is 5.14 Å². The number of aromatic amines is 1. The molecule has 0 radical (unpaired) electrons. The lowest BCUT2D eigenvalue weighted by Crippen LogP contribution is -2.36. The van der Waals surface area contributed by atoms with E-state index in [0.717, 1.165) is 28.6 Å². The predicted octanol–water partition coefficient (Wildman–Crippen LogP) is 1.77. The number of sulfonamides is 1. The summed E-state index contributed by atoms with van der Waals surface area (Å²) >= 11 is 6.21. The first kappa shape index (κ1) is 16.3. The van der Waals surface area contributed by atoms with E-state index in [1.54, 1.807) is 4.90 Å². The molecule has 1 aromatic heterocycles. The average Bonchev–Trinajstić information content (AvgIpc) is 2.85. The molecule has 3 rings (SSSR count). The molecule has 6 nitrogen and oxygen atoms in total. The molecule has 0 saturated carbocycles. The van der Waals surface area contributed by atoms with Crippen molar-refractivity contribution in [3.05, 3.63) is 34.5 Å². The molecular weight excluding hydrogens is 338 g/mol. The van der Waals surface area contributed by atoms with Crippen LogP contribution in [0.5, 0.6) is 0 Å². The fourth-order valence-electron chi connectivity index (χ4n) is 3.00. The Morgan fingerprint density at radius 2 is 2.17 bits per heavy atom. The van der Waals surface area contributed by atoms with Gasteiger partial charge in [-0.25, -0.2) is 13.6 Å². The molecule has 8 heteroatoms. The maximum Gasteiger partial charge on any atom is 0.222 e. The summed E-state index contributed by atoms with van der Waals surface area (Å²) in [6.07, 6.45) is 1.18. The normalized spacial score (nSPS) is 15.0. The van der Waals surface area contributed by atoms with Crippen LogP contribution in [0.3, 0.4) is 0 Å². The highest BCUT2D eigenvalue weighted by atomic mass is 35.5. The number of halogens is 1. The van der Waals surface area contributed by atoms with Gasteiger partial charge in [0, 0.05) is 42.6 Å². The van der Waals surface area contributed by atoms with Gasteiger partial charge in [-0.3, -0.25) is 4.79 Å². The van der Waals surface area contributed by atoms with E-state index in [-0.39, 0.29) is 24.5 Å². The van der Waals surface area contributed by atoms with Crippen LogP contribution in [0.4, 0.5) is 0 Å². The Bertz CT molecular complexity index is 860. The molecule has 2 aromatic rings. The van der Waals surface area contributed by atoms with Crippen LogP contribution in [-0.4, -0.2) is 36.5 Å². The first-order chi connectivity index (χ1) is 10.8. The van der Waals surface area contributed by atoms with Crippen LogP contribution in [0, 0.1) is 0 Å². The first-order valence-corrected chi connectivity index (χ1v) is 9.50. The van der Waals surface area contributed by atoms with Crippen LogP contribution in [0.25, 0.3) is 10.9 Å². The second kappa shape index (κ2) is 6.14. The van der Waals surface area contributed by atoms with Crippen molar-refractivity contribution < 1.29 is 13.2 Å². The minimum absolute atomic E-state index is 0.0457. The van der Waals surface area contributed by atoms with Gasteiger partial charge < -0.3 is 9.88 Å². The van der Waals surface area contributed by atoms with Gasteiger partial charge in [0.15, 0.2) is 0 Å². The topological polar surface area (TPSA) is 96.3 Å². The summed E-state index contributed by atoms with van der Waals surface area (Å²) in [5.74, 6) is -0.212. The second-order valence-corrected chi connectivity index (χ2v) is 7.92. The van der Waals surface area contributed by atoms with Gasteiger partial charge in [-0.05, 0) is 12.5 Å². The molecule has 0 fully saturated rings. The van der Waals surface area contributed by atoms with E-state index < -0.39 is 10.0 Å². The number of primary sulfonamides is 1. The van der Waals surface area contributed by atoms with Gasteiger partial charge in [0.25, 0.3) is 0 Å². The number of nitrogens with zero attached hydrogens (tertiary/aromatic N) is 1. The smallest absolute Gasteiger partial charge is 0.222 e. The zero-order valence-electron chi connectivity index (χ0n) is 12.5. The van der Waals surface area contributed by atoms with Crippen molar-refractivity contribution in [1.82, 2.24) is 9.88 Å². The fourth-order valence-corrected chi connectivity index (χ4v) is 3.77. The summed E-state index contributed by atoms with van der Waals surface area (Å²) < 4.78 is 21.9. The molecule has 1 aliphatic heterocycles. The molecule has 1 amide bonds. The van der Waals surface area contributed by atoms with Gasteiger partial charge in [0.1, 0.15) is 0 Å². The molecule has 0 saturated heterocycles. The fraction of sp³-hybridized carbons (Fsp3) is 0.400. The van der Waals surface area contributed by atoms with E-state index in [1.807, 2.05) is 18.2 Å². The molecule has 0 unspecified atom stereocenters. The van der Waals surface area contributed by atoms with E-state index in [9.17, 15) is 13.2 Å². The van der Waals surface area contributed by atoms with Gasteiger partial charge >= 0.3 is 0 Å². The third-order valence-electron chi connectivity index (χ3n) is 4.13. The Morgan fingerprint density at radius 1 is 1.39 bits per heavy atom. The number of hydrogen-bond donors (Lipinski definition) is 2. The number of H-pyrrole nitrogens is 1.